The van der Waals surface area contributed by atoms with Crippen molar-refractivity contribution >= 4 is 23.1 Å². The molecule has 0 saturated heterocycles. The molecule has 2 aromatic rings. The molecular weight excluding hydrogens is 284 g/mol. The molecule has 4 nitrogen and oxygen atoms in total. The van der Waals surface area contributed by atoms with E-state index in [0.717, 1.165) is 11.3 Å². The second-order valence-corrected chi connectivity index (χ2v) is 5.92. The first kappa shape index (κ1) is 15.4. The molecule has 0 fully saturated rings. The van der Waals surface area contributed by atoms with Crippen LogP contribution in [0.15, 0.2) is 41.3 Å². The molecule has 0 bridgehead atoms. The molecular formula is C16H18N2O2S. The molecule has 110 valence electrons. The average Bonchev–Trinajstić information content (AvgIpc) is 2.47. The fourth-order valence-electron chi connectivity index (χ4n) is 2.08. The zero-order valence-corrected chi connectivity index (χ0v) is 13.2. The molecule has 0 atom stereocenters. The average molecular weight is 302 g/mol. The van der Waals surface area contributed by atoms with E-state index < -0.39 is 0 Å². The summed E-state index contributed by atoms with van der Waals surface area (Å²) in [5.41, 5.74) is 4.44. The van der Waals surface area contributed by atoms with Crippen molar-refractivity contribution in [2.24, 2.45) is 0 Å². The van der Waals surface area contributed by atoms with Crippen molar-refractivity contribution in [2.75, 3.05) is 12.4 Å². The van der Waals surface area contributed by atoms with Crippen LogP contribution in [0.25, 0.3) is 0 Å². The molecule has 0 spiro atoms. The smallest absolute Gasteiger partial charge is 0.269 e. The molecule has 21 heavy (non-hydrogen) atoms. The quantitative estimate of drug-likeness (QED) is 0.500. The fourth-order valence-corrected chi connectivity index (χ4v) is 3.19. The van der Waals surface area contributed by atoms with Crippen molar-refractivity contribution in [3.05, 3.63) is 63.2 Å². The number of non-ortho nitro benzene ring substituents is 1. The highest BCUT2D eigenvalue weighted by atomic mass is 32.2. The van der Waals surface area contributed by atoms with Gasteiger partial charge in [-0.05, 0) is 37.1 Å². The van der Waals surface area contributed by atoms with Crippen molar-refractivity contribution in [2.45, 2.75) is 24.5 Å². The van der Waals surface area contributed by atoms with Gasteiger partial charge in [-0.2, -0.15) is 0 Å². The first-order valence-corrected chi connectivity index (χ1v) is 7.65. The van der Waals surface area contributed by atoms with Crippen LogP contribution in [0.3, 0.4) is 0 Å². The van der Waals surface area contributed by atoms with Gasteiger partial charge < -0.3 is 5.32 Å². The summed E-state index contributed by atoms with van der Waals surface area (Å²) >= 11 is 1.70. The Labute approximate surface area is 128 Å². The minimum Gasteiger partial charge on any atom is -0.388 e. The summed E-state index contributed by atoms with van der Waals surface area (Å²) in [7, 11) is 1.83. The van der Waals surface area contributed by atoms with E-state index in [4.69, 9.17) is 0 Å². The van der Waals surface area contributed by atoms with E-state index in [0.29, 0.717) is 5.75 Å². The number of nitro groups is 1. The molecule has 2 rings (SSSR count). The Morgan fingerprint density at radius 1 is 1.19 bits per heavy atom. The van der Waals surface area contributed by atoms with E-state index in [1.54, 1.807) is 23.9 Å². The molecule has 0 heterocycles. The minimum absolute atomic E-state index is 0.130. The van der Waals surface area contributed by atoms with Crippen LogP contribution in [0.2, 0.25) is 0 Å². The zero-order chi connectivity index (χ0) is 15.4. The lowest BCUT2D eigenvalue weighted by Gasteiger charge is -2.10. The van der Waals surface area contributed by atoms with Crippen molar-refractivity contribution in [1.29, 1.82) is 0 Å². The Kier molecular flexibility index (Phi) is 4.85. The van der Waals surface area contributed by atoms with E-state index in [-0.39, 0.29) is 10.6 Å². The van der Waals surface area contributed by atoms with Crippen molar-refractivity contribution < 1.29 is 4.92 Å². The van der Waals surface area contributed by atoms with Crippen molar-refractivity contribution in [3.8, 4) is 0 Å². The lowest BCUT2D eigenvalue weighted by Crippen LogP contribution is -1.97. The highest BCUT2D eigenvalue weighted by molar-refractivity contribution is 7.98. The standard InChI is InChI=1S/C16H18N2O2S/c1-11-4-5-12(2)16(8-11)21-10-13-9-14(18(19)20)6-7-15(13)17-3/h4-9,17H,10H2,1-3H3. The molecule has 0 aliphatic rings. The van der Waals surface area contributed by atoms with Gasteiger partial charge in [-0.15, -0.1) is 11.8 Å². The number of aryl methyl sites for hydroxylation is 2. The van der Waals surface area contributed by atoms with Crippen molar-refractivity contribution in [1.82, 2.24) is 0 Å². The lowest BCUT2D eigenvalue weighted by molar-refractivity contribution is -0.384. The van der Waals surface area contributed by atoms with Gasteiger partial charge in [0.2, 0.25) is 0 Å². The summed E-state index contributed by atoms with van der Waals surface area (Å²) in [4.78, 5) is 11.8. The summed E-state index contributed by atoms with van der Waals surface area (Å²) in [5, 5.41) is 14.0. The fraction of sp³-hybridized carbons (Fsp3) is 0.250. The van der Waals surface area contributed by atoms with Gasteiger partial charge in [-0.1, -0.05) is 17.7 Å². The second kappa shape index (κ2) is 6.63. The molecule has 0 aliphatic heterocycles. The number of benzene rings is 2. The third-order valence-electron chi connectivity index (χ3n) is 3.30. The Bertz CT molecular complexity index is 671. The van der Waals surface area contributed by atoms with Crippen LogP contribution in [0.4, 0.5) is 11.4 Å². The Morgan fingerprint density at radius 2 is 1.95 bits per heavy atom. The number of thioether (sulfide) groups is 1. The Hall–Kier alpha value is -2.01. The van der Waals surface area contributed by atoms with E-state index in [1.807, 2.05) is 7.05 Å². The number of hydrogen-bond donors (Lipinski definition) is 1. The van der Waals surface area contributed by atoms with Gasteiger partial charge in [0.25, 0.3) is 5.69 Å². The van der Waals surface area contributed by atoms with Crippen LogP contribution in [0, 0.1) is 24.0 Å². The van der Waals surface area contributed by atoms with E-state index >= 15 is 0 Å². The Morgan fingerprint density at radius 3 is 2.62 bits per heavy atom. The summed E-state index contributed by atoms with van der Waals surface area (Å²) in [6.45, 7) is 4.14. The van der Waals surface area contributed by atoms with E-state index in [9.17, 15) is 10.1 Å². The first-order chi connectivity index (χ1) is 10.0. The van der Waals surface area contributed by atoms with Crippen LogP contribution >= 0.6 is 11.8 Å². The number of nitro benzene ring substituents is 1. The van der Waals surface area contributed by atoms with Gasteiger partial charge in [-0.25, -0.2) is 0 Å². The largest absolute Gasteiger partial charge is 0.388 e. The third-order valence-corrected chi connectivity index (χ3v) is 4.50. The SMILES string of the molecule is CNc1ccc([N+](=O)[O-])cc1CSc1cc(C)ccc1C. The normalized spacial score (nSPS) is 10.4. The van der Waals surface area contributed by atoms with Crippen molar-refractivity contribution in [3.63, 3.8) is 0 Å². The summed E-state index contributed by atoms with van der Waals surface area (Å²) < 4.78 is 0. The molecule has 0 saturated carbocycles. The van der Waals surface area contributed by atoms with Crippen LogP contribution in [0.5, 0.6) is 0 Å². The molecule has 0 aromatic heterocycles. The summed E-state index contributed by atoms with van der Waals surface area (Å²) in [6, 6.07) is 11.3. The number of anilines is 1. The van der Waals surface area contributed by atoms with Crippen LogP contribution in [-0.2, 0) is 5.75 Å². The molecule has 5 heteroatoms. The molecule has 0 unspecified atom stereocenters. The van der Waals surface area contributed by atoms with Gasteiger partial charge in [0.1, 0.15) is 0 Å². The summed E-state index contributed by atoms with van der Waals surface area (Å²) in [5.74, 6) is 0.697. The molecule has 1 N–H and O–H groups in total. The first-order valence-electron chi connectivity index (χ1n) is 6.66. The minimum atomic E-state index is -0.356. The maximum Gasteiger partial charge on any atom is 0.269 e. The highest BCUT2D eigenvalue weighted by Crippen LogP contribution is 2.31. The topological polar surface area (TPSA) is 55.2 Å². The highest BCUT2D eigenvalue weighted by Gasteiger charge is 2.11. The van der Waals surface area contributed by atoms with Gasteiger partial charge in [0, 0.05) is 35.5 Å². The zero-order valence-electron chi connectivity index (χ0n) is 12.3. The van der Waals surface area contributed by atoms with Gasteiger partial charge in [-0.3, -0.25) is 10.1 Å². The van der Waals surface area contributed by atoms with Gasteiger partial charge in [0.05, 0.1) is 4.92 Å². The van der Waals surface area contributed by atoms with E-state index in [1.165, 1.54) is 22.1 Å². The van der Waals surface area contributed by atoms with Crippen LogP contribution in [0.1, 0.15) is 16.7 Å². The number of nitrogens with one attached hydrogen (secondary N) is 1. The molecule has 2 aromatic carbocycles. The molecule has 0 radical (unpaired) electrons. The van der Waals surface area contributed by atoms with Crippen LogP contribution in [-0.4, -0.2) is 12.0 Å². The van der Waals surface area contributed by atoms with Gasteiger partial charge >= 0.3 is 0 Å². The molecule has 0 aliphatic carbocycles. The maximum absolute atomic E-state index is 10.9. The number of hydrogen-bond acceptors (Lipinski definition) is 4. The lowest BCUT2D eigenvalue weighted by atomic mass is 10.2. The molecule has 0 amide bonds. The Balaban J connectivity index is 2.24. The second-order valence-electron chi connectivity index (χ2n) is 4.91. The third kappa shape index (κ3) is 3.76. The van der Waals surface area contributed by atoms with E-state index in [2.05, 4.69) is 37.4 Å². The number of rotatable bonds is 5. The number of nitrogens with zero attached hydrogens (tertiary/aromatic N) is 1. The van der Waals surface area contributed by atoms with Crippen LogP contribution < -0.4 is 5.32 Å². The predicted octanol–water partition coefficient (Wildman–Crippen LogP) is 4.55. The summed E-state index contributed by atoms with van der Waals surface area (Å²) in [6.07, 6.45) is 0. The monoisotopic (exact) mass is 302 g/mol. The maximum atomic E-state index is 10.9. The predicted molar refractivity (Wildman–Crippen MR) is 88.1 cm³/mol. The van der Waals surface area contributed by atoms with Gasteiger partial charge in [0.15, 0.2) is 0 Å².